The Balaban J connectivity index is 1.86. The second-order valence-corrected chi connectivity index (χ2v) is 10.1. The molecule has 0 aliphatic heterocycles. The first-order valence-corrected chi connectivity index (χ1v) is 11.3. The highest BCUT2D eigenvalue weighted by molar-refractivity contribution is 5.26. The minimum absolute atomic E-state index is 0.113. The Morgan fingerprint density at radius 3 is 2.62 bits per heavy atom. The summed E-state index contributed by atoms with van der Waals surface area (Å²) >= 11 is 0. The number of aliphatic hydroxyl groups excluding tert-OH is 1. The van der Waals surface area contributed by atoms with Crippen LogP contribution in [0, 0.1) is 23.2 Å². The number of benzene rings is 1. The van der Waals surface area contributed by atoms with Gasteiger partial charge in [-0.3, -0.25) is 0 Å². The molecule has 3 heteroatoms. The number of rotatable bonds is 8. The van der Waals surface area contributed by atoms with Gasteiger partial charge in [0.25, 0.3) is 0 Å². The van der Waals surface area contributed by atoms with Crippen molar-refractivity contribution in [3.63, 3.8) is 0 Å². The predicted molar refractivity (Wildman–Crippen MR) is 119 cm³/mol. The summed E-state index contributed by atoms with van der Waals surface area (Å²) in [6, 6.07) is 10.9. The molecular weight excluding hydrogens is 360 g/mol. The molecule has 2 saturated carbocycles. The number of methoxy groups -OCH3 is 1. The Kier molecular flexibility index (Phi) is 7.24. The first-order valence-electron chi connectivity index (χ1n) is 11.3. The van der Waals surface area contributed by atoms with Crippen LogP contribution in [0.2, 0.25) is 0 Å². The molecule has 2 aliphatic carbocycles. The van der Waals surface area contributed by atoms with Crippen molar-refractivity contribution < 1.29 is 14.6 Å². The van der Waals surface area contributed by atoms with E-state index in [4.69, 9.17) is 9.47 Å². The van der Waals surface area contributed by atoms with Crippen LogP contribution in [0.4, 0.5) is 0 Å². The Morgan fingerprint density at radius 2 is 1.93 bits per heavy atom. The first kappa shape index (κ1) is 22.5. The van der Waals surface area contributed by atoms with Crippen LogP contribution in [0.1, 0.15) is 71.3 Å². The van der Waals surface area contributed by atoms with Gasteiger partial charge in [0.1, 0.15) is 6.79 Å². The largest absolute Gasteiger partial charge is 0.393 e. The van der Waals surface area contributed by atoms with E-state index in [1.807, 2.05) is 0 Å². The van der Waals surface area contributed by atoms with Gasteiger partial charge in [-0.25, -0.2) is 0 Å². The van der Waals surface area contributed by atoms with Gasteiger partial charge in [0.15, 0.2) is 0 Å². The van der Waals surface area contributed by atoms with E-state index in [0.29, 0.717) is 30.5 Å². The molecule has 0 heterocycles. The van der Waals surface area contributed by atoms with Gasteiger partial charge in [0, 0.05) is 13.0 Å². The third-order valence-corrected chi connectivity index (χ3v) is 7.80. The molecule has 0 radical (unpaired) electrons. The zero-order valence-electron chi connectivity index (χ0n) is 18.9. The second-order valence-electron chi connectivity index (χ2n) is 10.1. The van der Waals surface area contributed by atoms with Crippen LogP contribution >= 0.6 is 0 Å². The summed E-state index contributed by atoms with van der Waals surface area (Å²) in [5.41, 5.74) is 1.24. The van der Waals surface area contributed by atoms with Crippen molar-refractivity contribution in [2.75, 3.05) is 13.9 Å². The average molecular weight is 401 g/mol. The molecule has 2 aliphatic rings. The Hall–Kier alpha value is -1.16. The summed E-state index contributed by atoms with van der Waals surface area (Å²) < 4.78 is 10.9. The Labute approximate surface area is 177 Å². The molecule has 0 spiro atoms. The van der Waals surface area contributed by atoms with Gasteiger partial charge in [-0.15, -0.1) is 0 Å². The summed E-state index contributed by atoms with van der Waals surface area (Å²) in [5, 5.41) is 10.6. The topological polar surface area (TPSA) is 38.7 Å². The van der Waals surface area contributed by atoms with E-state index in [-0.39, 0.29) is 17.1 Å². The molecule has 3 rings (SSSR count). The van der Waals surface area contributed by atoms with Gasteiger partial charge in [-0.05, 0) is 68.3 Å². The number of allylic oxidation sites excluding steroid dienone is 1. The van der Waals surface area contributed by atoms with E-state index in [0.717, 1.165) is 12.8 Å². The summed E-state index contributed by atoms with van der Waals surface area (Å²) in [6.07, 6.45) is 10.2. The normalized spacial score (nSPS) is 32.3. The van der Waals surface area contributed by atoms with Crippen LogP contribution in [0.25, 0.3) is 0 Å². The molecule has 0 aromatic heterocycles. The summed E-state index contributed by atoms with van der Waals surface area (Å²) in [6.45, 7) is 9.33. The SMILES string of the molecule is COCOC(C)(C)/C=C/[C@@H](c1ccccc1)[C@@H](C)[C@H]1CC[C@H]2[C@@H](O)CCC[C@]12C. The highest BCUT2D eigenvalue weighted by Gasteiger charge is 2.53. The van der Waals surface area contributed by atoms with Gasteiger partial charge in [-0.2, -0.15) is 0 Å². The lowest BCUT2D eigenvalue weighted by Gasteiger charge is -2.46. The molecule has 0 bridgehead atoms. The maximum atomic E-state index is 10.6. The van der Waals surface area contributed by atoms with E-state index < -0.39 is 0 Å². The van der Waals surface area contributed by atoms with E-state index in [1.165, 1.54) is 24.8 Å². The third kappa shape index (κ3) is 4.95. The van der Waals surface area contributed by atoms with Crippen molar-refractivity contribution in [2.24, 2.45) is 23.2 Å². The van der Waals surface area contributed by atoms with Crippen molar-refractivity contribution in [2.45, 2.75) is 77.4 Å². The molecule has 162 valence electrons. The van der Waals surface area contributed by atoms with Crippen molar-refractivity contribution in [1.29, 1.82) is 0 Å². The van der Waals surface area contributed by atoms with Gasteiger partial charge in [0.2, 0.25) is 0 Å². The van der Waals surface area contributed by atoms with Crippen molar-refractivity contribution >= 4 is 0 Å². The van der Waals surface area contributed by atoms with Crippen LogP contribution in [0.15, 0.2) is 42.5 Å². The van der Waals surface area contributed by atoms with Gasteiger partial charge < -0.3 is 14.6 Å². The monoisotopic (exact) mass is 400 g/mol. The molecule has 6 atom stereocenters. The quantitative estimate of drug-likeness (QED) is 0.433. The Bertz CT molecular complexity index is 668. The van der Waals surface area contributed by atoms with Crippen molar-refractivity contribution in [3.05, 3.63) is 48.0 Å². The third-order valence-electron chi connectivity index (χ3n) is 7.80. The van der Waals surface area contributed by atoms with Crippen LogP contribution in [-0.2, 0) is 9.47 Å². The van der Waals surface area contributed by atoms with Gasteiger partial charge in [-0.1, -0.05) is 62.8 Å². The number of hydrogen-bond acceptors (Lipinski definition) is 3. The fourth-order valence-corrected chi connectivity index (χ4v) is 6.16. The molecule has 0 unspecified atom stereocenters. The van der Waals surface area contributed by atoms with E-state index in [1.54, 1.807) is 7.11 Å². The van der Waals surface area contributed by atoms with E-state index in [2.05, 4.69) is 70.2 Å². The van der Waals surface area contributed by atoms with E-state index >= 15 is 0 Å². The predicted octanol–water partition coefficient (Wildman–Crippen LogP) is 5.94. The highest BCUT2D eigenvalue weighted by Crippen LogP contribution is 2.59. The van der Waals surface area contributed by atoms with Gasteiger partial charge in [0.05, 0.1) is 11.7 Å². The molecule has 1 aromatic rings. The van der Waals surface area contributed by atoms with E-state index in [9.17, 15) is 5.11 Å². The molecule has 2 fully saturated rings. The lowest BCUT2D eigenvalue weighted by Crippen LogP contribution is -2.42. The molecule has 1 N–H and O–H groups in total. The van der Waals surface area contributed by atoms with Crippen molar-refractivity contribution in [3.8, 4) is 0 Å². The zero-order chi connectivity index (χ0) is 21.1. The average Bonchev–Trinajstić information content (AvgIpc) is 3.05. The summed E-state index contributed by atoms with van der Waals surface area (Å²) in [5.74, 6) is 1.93. The number of aliphatic hydroxyl groups is 1. The smallest absolute Gasteiger partial charge is 0.147 e. The lowest BCUT2D eigenvalue weighted by molar-refractivity contribution is -0.0921. The number of fused-ring (bicyclic) bond motifs is 1. The van der Waals surface area contributed by atoms with Crippen LogP contribution in [-0.4, -0.2) is 30.7 Å². The van der Waals surface area contributed by atoms with Crippen LogP contribution in [0.5, 0.6) is 0 Å². The summed E-state index contributed by atoms with van der Waals surface area (Å²) in [7, 11) is 1.66. The van der Waals surface area contributed by atoms with Crippen LogP contribution < -0.4 is 0 Å². The van der Waals surface area contributed by atoms with Gasteiger partial charge >= 0.3 is 0 Å². The molecule has 29 heavy (non-hydrogen) atoms. The maximum absolute atomic E-state index is 10.6. The second kappa shape index (κ2) is 9.32. The standard InChI is InChI=1S/C26H40O3/c1-19(22-13-14-23-24(27)12-9-16-26(22,23)4)21(20-10-7-6-8-11-20)15-17-25(2,3)29-18-28-5/h6-8,10-11,15,17,19,21-24,27H,9,12-14,16,18H2,1-5H3/b17-15+/t19-,21-,22-,23+,24+,26-/m1/s1. The zero-order valence-corrected chi connectivity index (χ0v) is 18.9. The number of ether oxygens (including phenoxy) is 2. The highest BCUT2D eigenvalue weighted by atomic mass is 16.7. The number of hydrogen-bond donors (Lipinski definition) is 1. The Morgan fingerprint density at radius 1 is 1.21 bits per heavy atom. The summed E-state index contributed by atoms with van der Waals surface area (Å²) in [4.78, 5) is 0. The first-order chi connectivity index (χ1) is 13.8. The minimum atomic E-state index is -0.369. The molecule has 3 nitrogen and oxygen atoms in total. The lowest BCUT2D eigenvalue weighted by atomic mass is 9.60. The van der Waals surface area contributed by atoms with Crippen molar-refractivity contribution in [1.82, 2.24) is 0 Å². The molecular formula is C26H40O3. The fourth-order valence-electron chi connectivity index (χ4n) is 6.16. The molecule has 0 amide bonds. The molecule has 1 aromatic carbocycles. The maximum Gasteiger partial charge on any atom is 0.147 e. The van der Waals surface area contributed by atoms with Crippen LogP contribution in [0.3, 0.4) is 0 Å². The minimum Gasteiger partial charge on any atom is -0.393 e. The molecule has 0 saturated heterocycles. The fraction of sp³-hybridized carbons (Fsp3) is 0.692.